The van der Waals surface area contributed by atoms with E-state index in [1.807, 2.05) is 24.2 Å². The van der Waals surface area contributed by atoms with E-state index in [0.717, 1.165) is 23.0 Å². The van der Waals surface area contributed by atoms with Crippen LogP contribution in [0, 0.1) is 5.82 Å². The molecule has 6 heteroatoms. The van der Waals surface area contributed by atoms with Crippen LogP contribution in [-0.2, 0) is 19.5 Å². The van der Waals surface area contributed by atoms with Crippen LogP contribution in [0.3, 0.4) is 0 Å². The summed E-state index contributed by atoms with van der Waals surface area (Å²) >= 11 is 1.71. The molecular formula is C16H21FN4S. The number of halogens is 1. The number of aliphatic imine (C=N–C) groups is 1. The second-order valence-electron chi connectivity index (χ2n) is 4.96. The molecule has 1 N–H and O–H groups in total. The van der Waals surface area contributed by atoms with Crippen molar-refractivity contribution in [3.8, 4) is 0 Å². The summed E-state index contributed by atoms with van der Waals surface area (Å²) in [6.07, 6.45) is 2.92. The number of aryl methyl sites for hydroxylation is 1. The number of benzene rings is 1. The average molecular weight is 320 g/mol. The quantitative estimate of drug-likeness (QED) is 0.680. The van der Waals surface area contributed by atoms with E-state index in [4.69, 9.17) is 0 Å². The zero-order valence-electron chi connectivity index (χ0n) is 13.1. The molecular weight excluding hydrogens is 299 g/mol. The van der Waals surface area contributed by atoms with Gasteiger partial charge in [0.15, 0.2) is 5.96 Å². The smallest absolute Gasteiger partial charge is 0.194 e. The van der Waals surface area contributed by atoms with Crippen LogP contribution in [0.15, 0.2) is 35.5 Å². The van der Waals surface area contributed by atoms with Gasteiger partial charge in [0.05, 0.1) is 6.54 Å². The zero-order valence-corrected chi connectivity index (χ0v) is 14.0. The molecule has 1 heterocycles. The van der Waals surface area contributed by atoms with Crippen LogP contribution >= 0.6 is 11.3 Å². The Morgan fingerprint density at radius 1 is 1.45 bits per heavy atom. The molecule has 0 fully saturated rings. The summed E-state index contributed by atoms with van der Waals surface area (Å²) in [6.45, 7) is 3.36. The Kier molecular flexibility index (Phi) is 5.89. The summed E-state index contributed by atoms with van der Waals surface area (Å²) in [5.41, 5.74) is 0.910. The van der Waals surface area contributed by atoms with Crippen molar-refractivity contribution in [1.82, 2.24) is 15.2 Å². The first-order chi connectivity index (χ1) is 10.6. The number of guanidine groups is 1. The van der Waals surface area contributed by atoms with Crippen molar-refractivity contribution in [2.24, 2.45) is 4.99 Å². The highest BCUT2D eigenvalue weighted by atomic mass is 32.1. The summed E-state index contributed by atoms with van der Waals surface area (Å²) in [5, 5.41) is 4.33. The minimum Gasteiger partial charge on any atom is -0.350 e. The highest BCUT2D eigenvalue weighted by Crippen LogP contribution is 2.13. The molecule has 4 nitrogen and oxygen atoms in total. The predicted octanol–water partition coefficient (Wildman–Crippen LogP) is 3.05. The largest absolute Gasteiger partial charge is 0.350 e. The van der Waals surface area contributed by atoms with Gasteiger partial charge in [-0.1, -0.05) is 19.1 Å². The Balaban J connectivity index is 1.93. The lowest BCUT2D eigenvalue weighted by Crippen LogP contribution is -2.38. The van der Waals surface area contributed by atoms with Gasteiger partial charge in [-0.2, -0.15) is 0 Å². The van der Waals surface area contributed by atoms with E-state index in [1.165, 1.54) is 17.0 Å². The molecule has 2 aromatic rings. The summed E-state index contributed by atoms with van der Waals surface area (Å²) < 4.78 is 13.2. The van der Waals surface area contributed by atoms with Crippen molar-refractivity contribution in [2.75, 3.05) is 14.1 Å². The average Bonchev–Trinajstić information content (AvgIpc) is 2.96. The number of rotatable bonds is 5. The van der Waals surface area contributed by atoms with Gasteiger partial charge in [0.25, 0.3) is 0 Å². The van der Waals surface area contributed by atoms with Crippen LogP contribution in [0.25, 0.3) is 0 Å². The summed E-state index contributed by atoms with van der Waals surface area (Å²) in [6, 6.07) is 6.61. The van der Waals surface area contributed by atoms with Gasteiger partial charge in [-0.3, -0.25) is 4.99 Å². The first-order valence-corrected chi connectivity index (χ1v) is 8.03. The first-order valence-electron chi connectivity index (χ1n) is 7.22. The Labute approximate surface area is 134 Å². The van der Waals surface area contributed by atoms with Gasteiger partial charge in [-0.05, 0) is 24.1 Å². The number of hydrogen-bond acceptors (Lipinski definition) is 3. The summed E-state index contributed by atoms with van der Waals surface area (Å²) in [4.78, 5) is 11.9. The Morgan fingerprint density at radius 3 is 2.91 bits per heavy atom. The van der Waals surface area contributed by atoms with Crippen molar-refractivity contribution < 1.29 is 4.39 Å². The highest BCUT2D eigenvalue weighted by Gasteiger charge is 2.08. The number of aromatic nitrogens is 1. The van der Waals surface area contributed by atoms with Crippen LogP contribution in [-0.4, -0.2) is 29.9 Å². The fourth-order valence-corrected chi connectivity index (χ4v) is 2.92. The van der Waals surface area contributed by atoms with Crippen molar-refractivity contribution in [1.29, 1.82) is 0 Å². The molecule has 0 aliphatic heterocycles. The van der Waals surface area contributed by atoms with Gasteiger partial charge in [0, 0.05) is 31.7 Å². The van der Waals surface area contributed by atoms with E-state index in [1.54, 1.807) is 24.5 Å². The molecule has 0 amide bonds. The molecule has 0 atom stereocenters. The van der Waals surface area contributed by atoms with Gasteiger partial charge >= 0.3 is 0 Å². The van der Waals surface area contributed by atoms with E-state index in [2.05, 4.69) is 22.2 Å². The van der Waals surface area contributed by atoms with Crippen molar-refractivity contribution in [3.05, 3.63) is 51.7 Å². The van der Waals surface area contributed by atoms with Gasteiger partial charge in [0.2, 0.25) is 0 Å². The number of thiazole rings is 1. The topological polar surface area (TPSA) is 40.5 Å². The molecule has 0 aliphatic carbocycles. The fourth-order valence-electron chi connectivity index (χ4n) is 2.12. The maximum atomic E-state index is 13.2. The Bertz CT molecular complexity index is 639. The van der Waals surface area contributed by atoms with Crippen LogP contribution in [0.5, 0.6) is 0 Å². The van der Waals surface area contributed by atoms with Gasteiger partial charge in [-0.15, -0.1) is 11.3 Å². The Morgan fingerprint density at radius 2 is 2.27 bits per heavy atom. The normalized spacial score (nSPS) is 11.5. The lowest BCUT2D eigenvalue weighted by atomic mass is 10.2. The molecule has 1 aromatic carbocycles. The van der Waals surface area contributed by atoms with Gasteiger partial charge < -0.3 is 10.2 Å². The van der Waals surface area contributed by atoms with Gasteiger partial charge in [-0.25, -0.2) is 9.37 Å². The molecule has 0 saturated heterocycles. The summed E-state index contributed by atoms with van der Waals surface area (Å²) in [5.74, 6) is 0.543. The molecule has 0 radical (unpaired) electrons. The molecule has 2 rings (SSSR count). The third kappa shape index (κ3) is 4.53. The van der Waals surface area contributed by atoms with Crippen molar-refractivity contribution >= 4 is 17.3 Å². The van der Waals surface area contributed by atoms with Crippen LogP contribution in [0.2, 0.25) is 0 Å². The number of hydrogen-bond donors (Lipinski definition) is 1. The lowest BCUT2D eigenvalue weighted by molar-refractivity contribution is 0.474. The molecule has 0 unspecified atom stereocenters. The fraction of sp³-hybridized carbons (Fsp3) is 0.375. The second kappa shape index (κ2) is 7.89. The van der Waals surface area contributed by atoms with Gasteiger partial charge in [0.1, 0.15) is 10.8 Å². The van der Waals surface area contributed by atoms with E-state index in [9.17, 15) is 4.39 Å². The highest BCUT2D eigenvalue weighted by molar-refractivity contribution is 7.11. The minimum absolute atomic E-state index is 0.219. The van der Waals surface area contributed by atoms with Crippen LogP contribution < -0.4 is 5.32 Å². The molecule has 0 saturated carbocycles. The molecule has 0 bridgehead atoms. The SMILES string of the molecule is CCc1cnc(CNC(=NC)N(C)Cc2cccc(F)c2)s1. The Hall–Kier alpha value is -1.95. The lowest BCUT2D eigenvalue weighted by Gasteiger charge is -2.21. The maximum Gasteiger partial charge on any atom is 0.194 e. The van der Waals surface area contributed by atoms with Crippen molar-refractivity contribution in [2.45, 2.75) is 26.4 Å². The zero-order chi connectivity index (χ0) is 15.9. The van der Waals surface area contributed by atoms with E-state index in [-0.39, 0.29) is 5.82 Å². The van der Waals surface area contributed by atoms with E-state index < -0.39 is 0 Å². The number of nitrogens with zero attached hydrogens (tertiary/aromatic N) is 3. The number of nitrogens with one attached hydrogen (secondary N) is 1. The molecule has 0 spiro atoms. The predicted molar refractivity (Wildman–Crippen MR) is 89.6 cm³/mol. The maximum absolute atomic E-state index is 13.2. The first kappa shape index (κ1) is 16.4. The second-order valence-corrected chi connectivity index (χ2v) is 6.16. The van der Waals surface area contributed by atoms with E-state index >= 15 is 0 Å². The van der Waals surface area contributed by atoms with Crippen molar-refractivity contribution in [3.63, 3.8) is 0 Å². The molecule has 118 valence electrons. The monoisotopic (exact) mass is 320 g/mol. The summed E-state index contributed by atoms with van der Waals surface area (Å²) in [7, 11) is 3.67. The third-order valence-electron chi connectivity index (χ3n) is 3.23. The standard InChI is InChI=1S/C16H21FN4S/c1-4-14-9-19-15(22-14)10-20-16(18-2)21(3)11-12-6-5-7-13(17)8-12/h5-9H,4,10-11H2,1-3H3,(H,18,20). The molecule has 22 heavy (non-hydrogen) atoms. The molecule has 0 aliphatic rings. The minimum atomic E-state index is -0.219. The van der Waals surface area contributed by atoms with E-state index in [0.29, 0.717) is 13.1 Å². The van der Waals surface area contributed by atoms with Crippen LogP contribution in [0.4, 0.5) is 4.39 Å². The van der Waals surface area contributed by atoms with Crippen LogP contribution in [0.1, 0.15) is 22.4 Å². The third-order valence-corrected chi connectivity index (χ3v) is 4.37. The molecule has 1 aromatic heterocycles.